The Kier molecular flexibility index (Phi) is 2.24. The Labute approximate surface area is 80.2 Å². The van der Waals surface area contributed by atoms with E-state index in [4.69, 9.17) is 5.73 Å². The van der Waals surface area contributed by atoms with E-state index in [-0.39, 0.29) is 12.4 Å². The minimum atomic E-state index is -0.299. The Hall–Kier alpha value is -1.75. The van der Waals surface area contributed by atoms with Gasteiger partial charge in [-0.1, -0.05) is 6.07 Å². The molecule has 0 radical (unpaired) electrons. The van der Waals surface area contributed by atoms with Gasteiger partial charge in [-0.2, -0.15) is 0 Å². The minimum Gasteiger partial charge on any atom is -0.324 e. The zero-order valence-electron chi connectivity index (χ0n) is 7.39. The number of benzene rings is 1. The van der Waals surface area contributed by atoms with Crippen LogP contribution in [0.1, 0.15) is 5.82 Å². The molecular weight excluding hydrogens is 183 g/mol. The summed E-state index contributed by atoms with van der Waals surface area (Å²) < 4.78 is 14.3. The van der Waals surface area contributed by atoms with Crippen LogP contribution in [0.5, 0.6) is 0 Å². The summed E-state index contributed by atoms with van der Waals surface area (Å²) in [4.78, 5) is 3.95. The van der Waals surface area contributed by atoms with Gasteiger partial charge in [0.05, 0.1) is 12.2 Å². The molecule has 72 valence electrons. The van der Waals surface area contributed by atoms with E-state index in [2.05, 4.69) is 10.1 Å². The molecule has 1 heterocycles. The summed E-state index contributed by atoms with van der Waals surface area (Å²) in [6.07, 6.45) is 1.51. The first-order chi connectivity index (χ1) is 6.79. The average Bonchev–Trinajstić information content (AvgIpc) is 2.66. The monoisotopic (exact) mass is 192 g/mol. The Bertz CT molecular complexity index is 438. The number of hydrogen-bond acceptors (Lipinski definition) is 3. The molecule has 0 atom stereocenters. The van der Waals surface area contributed by atoms with Crippen LogP contribution in [-0.2, 0) is 6.54 Å². The lowest BCUT2D eigenvalue weighted by molar-refractivity contribution is 0.625. The van der Waals surface area contributed by atoms with Gasteiger partial charge in [0.25, 0.3) is 0 Å². The standard InChI is InChI=1S/C9H9FN4/c10-7-2-1-3-8(4-7)14-6-12-9(5-11)13-14/h1-4,6H,5,11H2. The third-order valence-corrected chi connectivity index (χ3v) is 1.79. The Morgan fingerprint density at radius 3 is 2.93 bits per heavy atom. The maximum absolute atomic E-state index is 12.9. The van der Waals surface area contributed by atoms with Crippen LogP contribution in [0.25, 0.3) is 5.69 Å². The summed E-state index contributed by atoms with van der Waals surface area (Å²) in [5.41, 5.74) is 6.00. The normalized spacial score (nSPS) is 10.4. The largest absolute Gasteiger partial charge is 0.324 e. The van der Waals surface area contributed by atoms with Crippen LogP contribution in [0.2, 0.25) is 0 Å². The molecule has 5 heteroatoms. The smallest absolute Gasteiger partial charge is 0.164 e. The van der Waals surface area contributed by atoms with Crippen molar-refractivity contribution in [3.8, 4) is 5.69 Å². The molecule has 0 aliphatic carbocycles. The lowest BCUT2D eigenvalue weighted by Gasteiger charge is -1.98. The predicted molar refractivity (Wildman–Crippen MR) is 49.2 cm³/mol. The highest BCUT2D eigenvalue weighted by atomic mass is 19.1. The average molecular weight is 192 g/mol. The van der Waals surface area contributed by atoms with Crippen molar-refractivity contribution < 1.29 is 4.39 Å². The van der Waals surface area contributed by atoms with Crippen LogP contribution < -0.4 is 5.73 Å². The fourth-order valence-corrected chi connectivity index (χ4v) is 1.13. The SMILES string of the molecule is NCc1ncn(-c2cccc(F)c2)n1. The molecular formula is C9H9FN4. The van der Waals surface area contributed by atoms with E-state index in [9.17, 15) is 4.39 Å². The zero-order chi connectivity index (χ0) is 9.97. The maximum Gasteiger partial charge on any atom is 0.164 e. The van der Waals surface area contributed by atoms with Crippen LogP contribution in [0.3, 0.4) is 0 Å². The summed E-state index contributed by atoms with van der Waals surface area (Å²) in [7, 11) is 0. The second-order valence-corrected chi connectivity index (χ2v) is 2.79. The lowest BCUT2D eigenvalue weighted by Crippen LogP contribution is -2.01. The molecule has 1 aromatic heterocycles. The highest BCUT2D eigenvalue weighted by Crippen LogP contribution is 2.07. The lowest BCUT2D eigenvalue weighted by atomic mass is 10.3. The van der Waals surface area contributed by atoms with Crippen molar-refractivity contribution in [2.24, 2.45) is 5.73 Å². The highest BCUT2D eigenvalue weighted by molar-refractivity contribution is 5.30. The maximum atomic E-state index is 12.9. The van der Waals surface area contributed by atoms with Gasteiger partial charge >= 0.3 is 0 Å². The first-order valence-electron chi connectivity index (χ1n) is 4.16. The second-order valence-electron chi connectivity index (χ2n) is 2.79. The van der Waals surface area contributed by atoms with Crippen molar-refractivity contribution in [2.75, 3.05) is 0 Å². The van der Waals surface area contributed by atoms with Gasteiger partial charge in [0.15, 0.2) is 5.82 Å². The Morgan fingerprint density at radius 1 is 1.43 bits per heavy atom. The van der Waals surface area contributed by atoms with E-state index in [1.807, 2.05) is 0 Å². The van der Waals surface area contributed by atoms with Gasteiger partial charge in [-0.3, -0.25) is 0 Å². The molecule has 0 bridgehead atoms. The quantitative estimate of drug-likeness (QED) is 0.767. The van der Waals surface area contributed by atoms with Crippen molar-refractivity contribution in [3.63, 3.8) is 0 Å². The van der Waals surface area contributed by atoms with Crippen molar-refractivity contribution >= 4 is 0 Å². The number of nitrogens with zero attached hydrogens (tertiary/aromatic N) is 3. The molecule has 1 aromatic carbocycles. The summed E-state index contributed by atoms with van der Waals surface area (Å²) in [6, 6.07) is 6.13. The molecule has 2 N–H and O–H groups in total. The van der Waals surface area contributed by atoms with Crippen LogP contribution in [0.15, 0.2) is 30.6 Å². The van der Waals surface area contributed by atoms with Crippen LogP contribution in [0, 0.1) is 5.82 Å². The molecule has 0 unspecified atom stereocenters. The number of hydrogen-bond donors (Lipinski definition) is 1. The molecule has 2 aromatic rings. The highest BCUT2D eigenvalue weighted by Gasteiger charge is 2.01. The van der Waals surface area contributed by atoms with Crippen molar-refractivity contribution in [1.29, 1.82) is 0 Å². The van der Waals surface area contributed by atoms with Gasteiger partial charge in [0.2, 0.25) is 0 Å². The van der Waals surface area contributed by atoms with E-state index in [0.29, 0.717) is 11.5 Å². The number of rotatable bonds is 2. The molecule has 2 rings (SSSR count). The second kappa shape index (κ2) is 3.55. The van der Waals surface area contributed by atoms with E-state index in [1.54, 1.807) is 12.1 Å². The van der Waals surface area contributed by atoms with Gasteiger partial charge in [0, 0.05) is 0 Å². The fourth-order valence-electron chi connectivity index (χ4n) is 1.13. The number of halogens is 1. The summed E-state index contributed by atoms with van der Waals surface area (Å²) in [5, 5.41) is 4.05. The van der Waals surface area contributed by atoms with Gasteiger partial charge in [-0.25, -0.2) is 14.1 Å². The fraction of sp³-hybridized carbons (Fsp3) is 0.111. The molecule has 0 amide bonds. The van der Waals surface area contributed by atoms with E-state index < -0.39 is 0 Å². The number of aromatic nitrogens is 3. The third-order valence-electron chi connectivity index (χ3n) is 1.79. The van der Waals surface area contributed by atoms with Crippen LogP contribution >= 0.6 is 0 Å². The third kappa shape index (κ3) is 1.62. The van der Waals surface area contributed by atoms with Crippen molar-refractivity contribution in [3.05, 3.63) is 42.2 Å². The molecule has 4 nitrogen and oxygen atoms in total. The van der Waals surface area contributed by atoms with Gasteiger partial charge < -0.3 is 5.73 Å². The predicted octanol–water partition coefficient (Wildman–Crippen LogP) is 0.865. The van der Waals surface area contributed by atoms with Gasteiger partial charge in [-0.05, 0) is 18.2 Å². The van der Waals surface area contributed by atoms with E-state index in [1.165, 1.54) is 23.1 Å². The van der Waals surface area contributed by atoms with Crippen molar-refractivity contribution in [2.45, 2.75) is 6.54 Å². The molecule has 0 saturated carbocycles. The molecule has 0 saturated heterocycles. The molecule has 14 heavy (non-hydrogen) atoms. The first-order valence-corrected chi connectivity index (χ1v) is 4.16. The topological polar surface area (TPSA) is 56.7 Å². The molecule has 0 aliphatic heterocycles. The molecule has 0 spiro atoms. The van der Waals surface area contributed by atoms with Crippen LogP contribution in [0.4, 0.5) is 4.39 Å². The Balaban J connectivity index is 2.39. The minimum absolute atomic E-state index is 0.280. The molecule has 0 fully saturated rings. The summed E-state index contributed by atoms with van der Waals surface area (Å²) in [6.45, 7) is 0.280. The summed E-state index contributed by atoms with van der Waals surface area (Å²) in [5.74, 6) is 0.238. The van der Waals surface area contributed by atoms with Gasteiger partial charge in [0.1, 0.15) is 12.1 Å². The molecule has 0 aliphatic rings. The van der Waals surface area contributed by atoms with E-state index in [0.717, 1.165) is 0 Å². The van der Waals surface area contributed by atoms with Crippen LogP contribution in [-0.4, -0.2) is 14.8 Å². The number of nitrogens with two attached hydrogens (primary N) is 1. The zero-order valence-corrected chi connectivity index (χ0v) is 7.39. The van der Waals surface area contributed by atoms with Crippen molar-refractivity contribution in [1.82, 2.24) is 14.8 Å². The first kappa shape index (κ1) is 8.83. The summed E-state index contributed by atoms with van der Waals surface area (Å²) >= 11 is 0. The Morgan fingerprint density at radius 2 is 2.29 bits per heavy atom. The van der Waals surface area contributed by atoms with E-state index >= 15 is 0 Å². The van der Waals surface area contributed by atoms with Gasteiger partial charge in [-0.15, -0.1) is 5.10 Å².